The smallest absolute Gasteiger partial charge is 0.236 e. The van der Waals surface area contributed by atoms with Gasteiger partial charge in [0, 0.05) is 0 Å². The number of nitrogens with one attached hydrogen (secondary N) is 1. The lowest BCUT2D eigenvalue weighted by Crippen LogP contribution is -2.23. The van der Waals surface area contributed by atoms with Gasteiger partial charge in [-0.25, -0.2) is 0 Å². The molecule has 0 spiro atoms. The van der Waals surface area contributed by atoms with E-state index in [1.54, 1.807) is 12.3 Å². The Kier molecular flexibility index (Phi) is 4.11. The van der Waals surface area contributed by atoms with E-state index in [1.807, 2.05) is 6.07 Å². The Bertz CT molecular complexity index is 271. The average molecular weight is 199 g/mol. The molecule has 0 unspecified atom stereocenters. The third kappa shape index (κ3) is 3.80. The Labute approximate surface area is 79.7 Å². The summed E-state index contributed by atoms with van der Waals surface area (Å²) in [6, 6.07) is 3.63. The van der Waals surface area contributed by atoms with Crippen LogP contribution in [0.1, 0.15) is 5.76 Å². The summed E-state index contributed by atoms with van der Waals surface area (Å²) in [6.45, 7) is 0. The molecule has 0 radical (unpaired) electrons. The van der Waals surface area contributed by atoms with E-state index in [1.165, 1.54) is 11.8 Å². The van der Waals surface area contributed by atoms with Gasteiger partial charge in [-0.1, -0.05) is 0 Å². The second-order valence-corrected chi connectivity index (χ2v) is 3.24. The summed E-state index contributed by atoms with van der Waals surface area (Å²) in [7, 11) is 0. The number of carbonyl (C=O) groups excluding carboxylic acids is 2. The normalized spacial score (nSPS) is 9.54. The van der Waals surface area contributed by atoms with Gasteiger partial charge in [0.05, 0.1) is 17.8 Å². The van der Waals surface area contributed by atoms with Crippen molar-refractivity contribution in [1.29, 1.82) is 0 Å². The quantitative estimate of drug-likeness (QED) is 0.712. The van der Waals surface area contributed by atoms with E-state index in [0.29, 0.717) is 12.2 Å². The van der Waals surface area contributed by atoms with Gasteiger partial charge < -0.3 is 4.42 Å². The fourth-order valence-electron chi connectivity index (χ4n) is 0.746. The van der Waals surface area contributed by atoms with Crippen LogP contribution in [0.2, 0.25) is 0 Å². The molecule has 1 aromatic heterocycles. The monoisotopic (exact) mass is 199 g/mol. The molecule has 1 aromatic rings. The highest BCUT2D eigenvalue weighted by Crippen LogP contribution is 2.11. The summed E-state index contributed by atoms with van der Waals surface area (Å²) in [5.41, 5.74) is 0. The van der Waals surface area contributed by atoms with Crippen LogP contribution in [0.15, 0.2) is 22.8 Å². The molecule has 2 amide bonds. The van der Waals surface area contributed by atoms with Gasteiger partial charge in [-0.2, -0.15) is 0 Å². The number of hydrogen-bond acceptors (Lipinski definition) is 4. The maximum Gasteiger partial charge on any atom is 0.236 e. The van der Waals surface area contributed by atoms with Gasteiger partial charge in [-0.3, -0.25) is 14.9 Å². The summed E-state index contributed by atoms with van der Waals surface area (Å²) in [4.78, 5) is 20.6. The molecule has 1 heterocycles. The summed E-state index contributed by atoms with van der Waals surface area (Å²) in [5.74, 6) is 1.44. The molecule has 13 heavy (non-hydrogen) atoms. The molecule has 0 saturated heterocycles. The van der Waals surface area contributed by atoms with Crippen molar-refractivity contribution in [3.63, 3.8) is 0 Å². The maximum absolute atomic E-state index is 10.8. The van der Waals surface area contributed by atoms with Crippen LogP contribution in [0.25, 0.3) is 0 Å². The molecule has 1 rings (SSSR count). The number of imide groups is 1. The van der Waals surface area contributed by atoms with Gasteiger partial charge in [0.2, 0.25) is 12.3 Å². The Balaban J connectivity index is 2.14. The largest absolute Gasteiger partial charge is 0.468 e. The molecular weight excluding hydrogens is 190 g/mol. The Morgan fingerprint density at radius 1 is 1.69 bits per heavy atom. The van der Waals surface area contributed by atoms with E-state index in [2.05, 4.69) is 5.32 Å². The molecule has 0 saturated carbocycles. The minimum atomic E-state index is -0.286. The molecule has 0 aliphatic carbocycles. The lowest BCUT2D eigenvalue weighted by atomic mass is 10.5. The van der Waals surface area contributed by atoms with Gasteiger partial charge >= 0.3 is 0 Å². The van der Waals surface area contributed by atoms with E-state index in [-0.39, 0.29) is 11.7 Å². The van der Waals surface area contributed by atoms with Gasteiger partial charge in [-0.05, 0) is 12.1 Å². The molecule has 0 fully saturated rings. The summed E-state index contributed by atoms with van der Waals surface area (Å²) in [6.07, 6.45) is 1.97. The average Bonchev–Trinajstić information content (AvgIpc) is 2.57. The molecule has 0 bridgehead atoms. The van der Waals surface area contributed by atoms with Crippen LogP contribution in [-0.4, -0.2) is 18.1 Å². The van der Waals surface area contributed by atoms with Crippen LogP contribution in [-0.2, 0) is 15.3 Å². The fourth-order valence-corrected chi connectivity index (χ4v) is 1.48. The Morgan fingerprint density at radius 2 is 2.54 bits per heavy atom. The van der Waals surface area contributed by atoms with Crippen molar-refractivity contribution < 1.29 is 14.0 Å². The van der Waals surface area contributed by atoms with Crippen molar-refractivity contribution in [3.8, 4) is 0 Å². The highest BCUT2D eigenvalue weighted by Gasteiger charge is 2.01. The van der Waals surface area contributed by atoms with Crippen molar-refractivity contribution in [3.05, 3.63) is 24.2 Å². The first kappa shape index (κ1) is 9.85. The highest BCUT2D eigenvalue weighted by molar-refractivity contribution is 7.99. The molecule has 0 aliphatic heterocycles. The number of carbonyl (C=O) groups is 2. The van der Waals surface area contributed by atoms with Gasteiger partial charge in [0.15, 0.2) is 0 Å². The van der Waals surface area contributed by atoms with Crippen molar-refractivity contribution in [2.75, 3.05) is 5.75 Å². The first-order valence-electron chi connectivity index (χ1n) is 3.66. The van der Waals surface area contributed by atoms with E-state index >= 15 is 0 Å². The third-order valence-electron chi connectivity index (χ3n) is 1.28. The zero-order valence-corrected chi connectivity index (χ0v) is 7.67. The van der Waals surface area contributed by atoms with Crippen LogP contribution in [0.4, 0.5) is 0 Å². The first-order valence-corrected chi connectivity index (χ1v) is 4.81. The van der Waals surface area contributed by atoms with Gasteiger partial charge in [0.25, 0.3) is 0 Å². The van der Waals surface area contributed by atoms with E-state index in [4.69, 9.17) is 4.42 Å². The van der Waals surface area contributed by atoms with Crippen molar-refractivity contribution in [2.45, 2.75) is 5.75 Å². The predicted molar refractivity (Wildman–Crippen MR) is 49.1 cm³/mol. The van der Waals surface area contributed by atoms with E-state index in [9.17, 15) is 9.59 Å². The van der Waals surface area contributed by atoms with E-state index in [0.717, 1.165) is 5.76 Å². The van der Waals surface area contributed by atoms with Crippen LogP contribution < -0.4 is 5.32 Å². The summed E-state index contributed by atoms with van der Waals surface area (Å²) in [5, 5.41) is 2.05. The zero-order valence-electron chi connectivity index (χ0n) is 6.86. The number of thioether (sulfide) groups is 1. The molecule has 70 valence electrons. The number of furan rings is 1. The third-order valence-corrected chi connectivity index (χ3v) is 2.23. The number of amides is 2. The Hall–Kier alpha value is -1.23. The molecule has 0 atom stereocenters. The molecular formula is C8H9NO3S. The molecule has 0 aromatic carbocycles. The topological polar surface area (TPSA) is 59.3 Å². The summed E-state index contributed by atoms with van der Waals surface area (Å²) >= 11 is 1.39. The molecule has 0 aliphatic rings. The zero-order chi connectivity index (χ0) is 9.52. The second-order valence-electron chi connectivity index (χ2n) is 2.26. The SMILES string of the molecule is O=CNC(=O)CSCc1ccco1. The number of rotatable bonds is 5. The standard InChI is InChI=1S/C8H9NO3S/c10-6-9-8(11)5-13-4-7-2-1-3-12-7/h1-3,6H,4-5H2,(H,9,10,11). The van der Waals surface area contributed by atoms with Crippen LogP contribution in [0, 0.1) is 0 Å². The summed E-state index contributed by atoms with van der Waals surface area (Å²) < 4.78 is 5.05. The molecule has 1 N–H and O–H groups in total. The second kappa shape index (κ2) is 5.42. The first-order chi connectivity index (χ1) is 6.33. The minimum Gasteiger partial charge on any atom is -0.468 e. The van der Waals surface area contributed by atoms with Crippen LogP contribution in [0.3, 0.4) is 0 Å². The highest BCUT2D eigenvalue weighted by atomic mass is 32.2. The van der Waals surface area contributed by atoms with Gasteiger partial charge in [-0.15, -0.1) is 11.8 Å². The van der Waals surface area contributed by atoms with Gasteiger partial charge in [0.1, 0.15) is 5.76 Å². The Morgan fingerprint density at radius 3 is 3.15 bits per heavy atom. The lowest BCUT2D eigenvalue weighted by molar-refractivity contribution is -0.123. The van der Waals surface area contributed by atoms with Crippen molar-refractivity contribution in [1.82, 2.24) is 5.32 Å². The maximum atomic E-state index is 10.8. The lowest BCUT2D eigenvalue weighted by Gasteiger charge is -1.96. The van der Waals surface area contributed by atoms with Crippen LogP contribution in [0.5, 0.6) is 0 Å². The van der Waals surface area contributed by atoms with Crippen molar-refractivity contribution >= 4 is 24.1 Å². The molecule has 4 nitrogen and oxygen atoms in total. The minimum absolute atomic E-state index is 0.263. The van der Waals surface area contributed by atoms with Crippen LogP contribution >= 0.6 is 11.8 Å². The fraction of sp³-hybridized carbons (Fsp3) is 0.250. The van der Waals surface area contributed by atoms with Crippen molar-refractivity contribution in [2.24, 2.45) is 0 Å². The predicted octanol–water partition coefficient (Wildman–Crippen LogP) is 0.785. The van der Waals surface area contributed by atoms with E-state index < -0.39 is 0 Å². The number of hydrogen-bond donors (Lipinski definition) is 1. The molecule has 5 heteroatoms.